The van der Waals surface area contributed by atoms with E-state index in [4.69, 9.17) is 14.5 Å². The van der Waals surface area contributed by atoms with Gasteiger partial charge in [-0.25, -0.2) is 15.0 Å². The number of benzene rings is 1. The van der Waals surface area contributed by atoms with Gasteiger partial charge in [0.15, 0.2) is 6.23 Å². The first-order valence-electron chi connectivity index (χ1n) is 11.7. The fourth-order valence-corrected chi connectivity index (χ4v) is 5.72. The van der Waals surface area contributed by atoms with E-state index in [1.54, 1.807) is 4.57 Å². The van der Waals surface area contributed by atoms with Gasteiger partial charge in [0.05, 0.1) is 11.2 Å². The molecular weight excluding hydrogens is 434 g/mol. The smallest absolute Gasteiger partial charge is 0.164 e. The van der Waals surface area contributed by atoms with Crippen LogP contribution in [0, 0.1) is 6.92 Å². The van der Waals surface area contributed by atoms with Gasteiger partial charge in [-0.15, -0.1) is 0 Å². The van der Waals surface area contributed by atoms with Crippen molar-refractivity contribution in [2.75, 3.05) is 11.9 Å². The number of nitrogens with zero attached hydrogens (tertiary/aromatic N) is 4. The van der Waals surface area contributed by atoms with Crippen molar-refractivity contribution in [1.82, 2.24) is 19.5 Å². The number of aromatic nitrogens is 4. The zero-order valence-corrected chi connectivity index (χ0v) is 18.7. The second-order valence-electron chi connectivity index (χ2n) is 9.53. The van der Waals surface area contributed by atoms with E-state index in [-0.39, 0.29) is 0 Å². The maximum atomic E-state index is 11.4. The van der Waals surface area contributed by atoms with Crippen LogP contribution in [0.4, 0.5) is 5.82 Å². The molecule has 0 bridgehead atoms. The Balaban J connectivity index is 1.18. The topological polar surface area (TPSA) is 115 Å². The van der Waals surface area contributed by atoms with Crippen LogP contribution in [-0.4, -0.2) is 60.2 Å². The number of aliphatic hydroxyl groups is 2. The molecule has 2 fully saturated rings. The lowest BCUT2D eigenvalue weighted by molar-refractivity contribution is -0.0791. The Morgan fingerprint density at radius 1 is 1.24 bits per heavy atom. The third-order valence-corrected chi connectivity index (χ3v) is 7.55. The van der Waals surface area contributed by atoms with Crippen LogP contribution in [-0.2, 0) is 11.2 Å². The molecule has 0 unspecified atom stereocenters. The highest BCUT2D eigenvalue weighted by molar-refractivity contribution is 5.83. The zero-order chi connectivity index (χ0) is 23.0. The van der Waals surface area contributed by atoms with Crippen LogP contribution in [0.3, 0.4) is 0 Å². The Morgan fingerprint density at radius 2 is 2.15 bits per heavy atom. The molecule has 2 aliphatic heterocycles. The minimum Gasteiger partial charge on any atom is -0.488 e. The molecule has 9 heteroatoms. The standard InChI is InChI=1S/C25H25N5O4/c1-13-17-6-9-30(23(17)28-12-27-13)24-20(31)25(32)7-4-19(21(25)34-24)33-16-3-2-14-10-15-5-8-26-22(15)29-18(14)11-16/h2-3,6,9-12,19-21,24,31-32H,4-5,7-8H2,1H3,(H,26,29)/t19-,20-,21+,24+,25-/m0/s1. The quantitative estimate of drug-likeness (QED) is 0.428. The van der Waals surface area contributed by atoms with Gasteiger partial charge in [0.1, 0.15) is 47.5 Å². The summed E-state index contributed by atoms with van der Waals surface area (Å²) in [5.74, 6) is 1.60. The Morgan fingerprint density at radius 3 is 3.06 bits per heavy atom. The first-order valence-corrected chi connectivity index (χ1v) is 11.7. The predicted octanol–water partition coefficient (Wildman–Crippen LogP) is 2.49. The Kier molecular flexibility index (Phi) is 4.21. The maximum absolute atomic E-state index is 11.4. The second kappa shape index (κ2) is 7.11. The summed E-state index contributed by atoms with van der Waals surface area (Å²) in [4.78, 5) is 13.3. The van der Waals surface area contributed by atoms with Crippen LogP contribution in [0.25, 0.3) is 21.9 Å². The summed E-state index contributed by atoms with van der Waals surface area (Å²) < 4.78 is 14.4. The molecule has 3 aliphatic rings. The third-order valence-electron chi connectivity index (χ3n) is 7.55. The van der Waals surface area contributed by atoms with Gasteiger partial charge < -0.3 is 29.6 Å². The fraction of sp³-hybridized carbons (Fsp3) is 0.400. The van der Waals surface area contributed by atoms with Gasteiger partial charge in [-0.2, -0.15) is 0 Å². The van der Waals surface area contributed by atoms with E-state index in [0.29, 0.717) is 24.2 Å². The molecule has 34 heavy (non-hydrogen) atoms. The van der Waals surface area contributed by atoms with Crippen LogP contribution in [0.2, 0.25) is 0 Å². The van der Waals surface area contributed by atoms with Gasteiger partial charge in [-0.05, 0) is 56.0 Å². The molecule has 3 aromatic heterocycles. The number of anilines is 1. The monoisotopic (exact) mass is 459 g/mol. The van der Waals surface area contributed by atoms with Crippen LogP contribution in [0.1, 0.15) is 30.3 Å². The first-order chi connectivity index (χ1) is 16.5. The SMILES string of the molecule is Cc1ncnc2c1ccn2[C@@H]1O[C@@H]2[C@@H](Oc3ccc4cc5c(nc4c3)NCC5)CC[C@]2(O)[C@H]1O. The minimum absolute atomic E-state index is 0.385. The van der Waals surface area contributed by atoms with E-state index < -0.39 is 30.1 Å². The van der Waals surface area contributed by atoms with Crippen molar-refractivity contribution < 1.29 is 19.7 Å². The third kappa shape index (κ3) is 2.81. The Hall–Kier alpha value is -3.27. The molecule has 0 amide bonds. The van der Waals surface area contributed by atoms with E-state index in [1.807, 2.05) is 37.4 Å². The number of aliphatic hydroxyl groups excluding tert-OH is 1. The van der Waals surface area contributed by atoms with Crippen molar-refractivity contribution in [3.8, 4) is 5.75 Å². The van der Waals surface area contributed by atoms with Crippen LogP contribution >= 0.6 is 0 Å². The molecule has 3 N–H and O–H groups in total. The number of ether oxygens (including phenoxy) is 2. The molecule has 5 atom stereocenters. The van der Waals surface area contributed by atoms with Crippen LogP contribution in [0.5, 0.6) is 5.75 Å². The van der Waals surface area contributed by atoms with Crippen molar-refractivity contribution >= 4 is 27.8 Å². The van der Waals surface area contributed by atoms with Gasteiger partial charge in [0.25, 0.3) is 0 Å². The van der Waals surface area contributed by atoms with Gasteiger partial charge in [0, 0.05) is 29.6 Å². The van der Waals surface area contributed by atoms with E-state index in [0.717, 1.165) is 40.8 Å². The summed E-state index contributed by atoms with van der Waals surface area (Å²) in [6, 6.07) is 9.94. The van der Waals surface area contributed by atoms with Crippen molar-refractivity contribution in [3.05, 3.63) is 54.1 Å². The normalized spacial score (nSPS) is 30.0. The molecule has 1 saturated heterocycles. The highest BCUT2D eigenvalue weighted by Crippen LogP contribution is 2.48. The van der Waals surface area contributed by atoms with Gasteiger partial charge in [-0.1, -0.05) is 0 Å². The van der Waals surface area contributed by atoms with Gasteiger partial charge >= 0.3 is 0 Å². The van der Waals surface area contributed by atoms with Gasteiger partial charge in [0.2, 0.25) is 0 Å². The van der Waals surface area contributed by atoms with Crippen LogP contribution in [0.15, 0.2) is 42.9 Å². The summed E-state index contributed by atoms with van der Waals surface area (Å²) in [5, 5.41) is 27.8. The Bertz CT molecular complexity index is 1440. The lowest BCUT2D eigenvalue weighted by atomic mass is 9.94. The number of fused-ring (bicyclic) bond motifs is 4. The summed E-state index contributed by atoms with van der Waals surface area (Å²) in [7, 11) is 0. The molecule has 1 aliphatic carbocycles. The predicted molar refractivity (Wildman–Crippen MR) is 125 cm³/mol. The highest BCUT2D eigenvalue weighted by atomic mass is 16.6. The van der Waals surface area contributed by atoms with E-state index in [9.17, 15) is 10.2 Å². The summed E-state index contributed by atoms with van der Waals surface area (Å²) in [6.45, 7) is 2.82. The fourth-order valence-electron chi connectivity index (χ4n) is 5.72. The molecule has 4 aromatic rings. The molecule has 174 valence electrons. The zero-order valence-electron chi connectivity index (χ0n) is 18.7. The maximum Gasteiger partial charge on any atom is 0.164 e. The van der Waals surface area contributed by atoms with Crippen molar-refractivity contribution in [3.63, 3.8) is 0 Å². The number of hydrogen-bond donors (Lipinski definition) is 3. The largest absolute Gasteiger partial charge is 0.488 e. The number of hydrogen-bond acceptors (Lipinski definition) is 8. The number of pyridine rings is 1. The molecule has 0 spiro atoms. The average Bonchev–Trinajstić information content (AvgIpc) is 3.58. The molecular formula is C25H25N5O4. The number of nitrogens with one attached hydrogen (secondary N) is 1. The molecule has 7 rings (SSSR count). The second-order valence-corrected chi connectivity index (χ2v) is 9.53. The number of aryl methyl sites for hydroxylation is 1. The minimum atomic E-state index is -1.39. The molecule has 1 saturated carbocycles. The van der Waals surface area contributed by atoms with Crippen LogP contribution < -0.4 is 10.1 Å². The van der Waals surface area contributed by atoms with E-state index in [2.05, 4.69) is 21.4 Å². The summed E-state index contributed by atoms with van der Waals surface area (Å²) >= 11 is 0. The number of rotatable bonds is 3. The average molecular weight is 460 g/mol. The lowest BCUT2D eigenvalue weighted by Gasteiger charge is -2.26. The van der Waals surface area contributed by atoms with E-state index >= 15 is 0 Å². The van der Waals surface area contributed by atoms with Crippen molar-refractivity contribution in [2.45, 2.75) is 56.3 Å². The molecule has 1 aromatic carbocycles. The molecule has 0 radical (unpaired) electrons. The summed E-state index contributed by atoms with van der Waals surface area (Å²) in [6.07, 6.45) is 2.33. The Labute approximate surface area is 195 Å². The lowest BCUT2D eigenvalue weighted by Crippen LogP contribution is -2.47. The highest BCUT2D eigenvalue weighted by Gasteiger charge is 2.62. The van der Waals surface area contributed by atoms with Crippen molar-refractivity contribution in [1.29, 1.82) is 0 Å². The summed E-state index contributed by atoms with van der Waals surface area (Å²) in [5.41, 5.74) is 2.22. The molecule has 9 nitrogen and oxygen atoms in total. The first kappa shape index (κ1) is 20.1. The van der Waals surface area contributed by atoms with Gasteiger partial charge in [-0.3, -0.25) is 0 Å². The van der Waals surface area contributed by atoms with Crippen molar-refractivity contribution in [2.24, 2.45) is 0 Å². The molecule has 5 heterocycles. The van der Waals surface area contributed by atoms with E-state index in [1.165, 1.54) is 11.9 Å².